The number of morpholine rings is 1. The van der Waals surface area contributed by atoms with Gasteiger partial charge in [-0.1, -0.05) is 30.0 Å². The third kappa shape index (κ3) is 4.79. The Bertz CT molecular complexity index is 898. The van der Waals surface area contributed by atoms with Gasteiger partial charge in [-0.2, -0.15) is 9.67 Å². The van der Waals surface area contributed by atoms with E-state index in [4.69, 9.17) is 9.47 Å². The number of benzene rings is 1. The molecular weight excluding hydrogens is 376 g/mol. The van der Waals surface area contributed by atoms with Crippen LogP contribution in [-0.4, -0.2) is 63.4 Å². The molecule has 0 spiro atoms. The number of anilines is 1. The third-order valence-electron chi connectivity index (χ3n) is 4.17. The van der Waals surface area contributed by atoms with E-state index in [9.17, 15) is 0 Å². The molecule has 8 nitrogen and oxygen atoms in total. The summed E-state index contributed by atoms with van der Waals surface area (Å²) in [5.74, 6) is 3.05. The zero-order chi connectivity index (χ0) is 19.2. The molecule has 0 N–H and O–H groups in total. The van der Waals surface area contributed by atoms with Crippen LogP contribution in [0.3, 0.4) is 0 Å². The van der Waals surface area contributed by atoms with Crippen LogP contribution < -0.4 is 9.64 Å². The average molecular weight is 398 g/mol. The van der Waals surface area contributed by atoms with E-state index in [-0.39, 0.29) is 0 Å². The fraction of sp³-hybridized carbons (Fsp3) is 0.368. The minimum absolute atomic E-state index is 0.529. The van der Waals surface area contributed by atoms with Gasteiger partial charge in [0.1, 0.15) is 17.9 Å². The first-order valence-electron chi connectivity index (χ1n) is 9.19. The van der Waals surface area contributed by atoms with E-state index in [1.165, 1.54) is 0 Å². The molecule has 3 heterocycles. The monoisotopic (exact) mass is 398 g/mol. The van der Waals surface area contributed by atoms with Crippen molar-refractivity contribution in [3.8, 4) is 11.7 Å². The largest absolute Gasteiger partial charge is 0.493 e. The molecule has 0 amide bonds. The summed E-state index contributed by atoms with van der Waals surface area (Å²) in [5.41, 5.74) is 0.896. The van der Waals surface area contributed by atoms with Gasteiger partial charge in [-0.25, -0.2) is 9.97 Å². The van der Waals surface area contributed by atoms with Crippen molar-refractivity contribution in [3.05, 3.63) is 48.4 Å². The Balaban J connectivity index is 1.37. The summed E-state index contributed by atoms with van der Waals surface area (Å²) in [4.78, 5) is 15.7. The molecule has 1 aliphatic heterocycles. The Morgan fingerprint density at radius 2 is 1.96 bits per heavy atom. The van der Waals surface area contributed by atoms with Crippen LogP contribution in [0.15, 0.2) is 47.9 Å². The lowest BCUT2D eigenvalue weighted by atomic mass is 10.3. The van der Waals surface area contributed by atoms with Gasteiger partial charge in [-0.3, -0.25) is 0 Å². The number of hydrogen-bond donors (Lipinski definition) is 0. The molecule has 1 saturated heterocycles. The van der Waals surface area contributed by atoms with Crippen LogP contribution in [0.25, 0.3) is 5.95 Å². The molecule has 2 aromatic heterocycles. The van der Waals surface area contributed by atoms with Gasteiger partial charge in [0, 0.05) is 30.6 Å². The molecule has 146 valence electrons. The summed E-state index contributed by atoms with van der Waals surface area (Å²) >= 11 is 1.54. The number of nitrogens with zero attached hydrogens (tertiary/aromatic N) is 6. The SMILES string of the molecule is Cc1cc(N2CCOCC2)nc(-n2cnc(SCCOc3ccccc3)n2)n1. The highest BCUT2D eigenvalue weighted by molar-refractivity contribution is 7.99. The van der Waals surface area contributed by atoms with Crippen LogP contribution in [-0.2, 0) is 4.74 Å². The van der Waals surface area contributed by atoms with E-state index in [1.54, 1.807) is 22.8 Å². The maximum absolute atomic E-state index is 5.69. The average Bonchev–Trinajstić information content (AvgIpc) is 3.21. The molecule has 28 heavy (non-hydrogen) atoms. The lowest BCUT2D eigenvalue weighted by Crippen LogP contribution is -2.37. The fourth-order valence-electron chi connectivity index (χ4n) is 2.81. The second-order valence-electron chi connectivity index (χ2n) is 6.25. The van der Waals surface area contributed by atoms with Crippen molar-refractivity contribution in [1.29, 1.82) is 0 Å². The molecule has 1 fully saturated rings. The van der Waals surface area contributed by atoms with Crippen molar-refractivity contribution < 1.29 is 9.47 Å². The van der Waals surface area contributed by atoms with Crippen molar-refractivity contribution in [2.75, 3.05) is 43.6 Å². The molecule has 9 heteroatoms. The summed E-state index contributed by atoms with van der Waals surface area (Å²) < 4.78 is 12.7. The molecular formula is C19H22N6O2S. The summed E-state index contributed by atoms with van der Waals surface area (Å²) in [7, 11) is 0. The summed E-state index contributed by atoms with van der Waals surface area (Å²) in [5, 5.41) is 5.17. The number of rotatable bonds is 7. The van der Waals surface area contributed by atoms with Crippen LogP contribution in [0.2, 0.25) is 0 Å². The molecule has 0 radical (unpaired) electrons. The van der Waals surface area contributed by atoms with E-state index < -0.39 is 0 Å². The standard InChI is InChI=1S/C19H22N6O2S/c1-15-13-17(24-7-9-26-10-8-24)22-18(21-15)25-14-20-19(23-25)28-12-11-27-16-5-3-2-4-6-16/h2-6,13-14H,7-12H2,1H3. The van der Waals surface area contributed by atoms with Gasteiger partial charge in [-0.05, 0) is 19.1 Å². The van der Waals surface area contributed by atoms with Crippen molar-refractivity contribution in [3.63, 3.8) is 0 Å². The minimum Gasteiger partial charge on any atom is -0.493 e. The van der Waals surface area contributed by atoms with Gasteiger partial charge in [-0.15, -0.1) is 5.10 Å². The fourth-order valence-corrected chi connectivity index (χ4v) is 3.43. The number of thioether (sulfide) groups is 1. The Labute approximate surface area is 167 Å². The van der Waals surface area contributed by atoms with E-state index >= 15 is 0 Å². The molecule has 1 aromatic carbocycles. The molecule has 4 rings (SSSR count). The second-order valence-corrected chi connectivity index (χ2v) is 7.31. The van der Waals surface area contributed by atoms with Crippen molar-refractivity contribution >= 4 is 17.6 Å². The first-order chi connectivity index (χ1) is 13.8. The van der Waals surface area contributed by atoms with E-state index in [0.717, 1.165) is 36.1 Å². The molecule has 0 bridgehead atoms. The molecule has 0 saturated carbocycles. The number of aryl methyl sites for hydroxylation is 1. The van der Waals surface area contributed by atoms with Crippen molar-refractivity contribution in [1.82, 2.24) is 24.7 Å². The predicted octanol–water partition coefficient (Wildman–Crippen LogP) is 2.37. The van der Waals surface area contributed by atoms with Gasteiger partial charge in [0.2, 0.25) is 5.16 Å². The van der Waals surface area contributed by atoms with Gasteiger partial charge in [0.15, 0.2) is 0 Å². The maximum atomic E-state index is 5.69. The molecule has 3 aromatic rings. The summed E-state index contributed by atoms with van der Waals surface area (Å²) in [6, 6.07) is 11.8. The van der Waals surface area contributed by atoms with Crippen LogP contribution in [0, 0.1) is 6.92 Å². The van der Waals surface area contributed by atoms with Gasteiger partial charge >= 0.3 is 0 Å². The molecule has 0 unspecified atom stereocenters. The van der Waals surface area contributed by atoms with Crippen LogP contribution in [0.1, 0.15) is 5.69 Å². The third-order valence-corrected chi connectivity index (χ3v) is 4.98. The lowest BCUT2D eigenvalue weighted by molar-refractivity contribution is 0.122. The van der Waals surface area contributed by atoms with Crippen molar-refractivity contribution in [2.45, 2.75) is 12.1 Å². The zero-order valence-electron chi connectivity index (χ0n) is 15.7. The molecule has 0 aliphatic carbocycles. The van der Waals surface area contributed by atoms with Gasteiger partial charge in [0.25, 0.3) is 5.95 Å². The Kier molecular flexibility index (Phi) is 6.03. The smallest absolute Gasteiger partial charge is 0.254 e. The molecule has 0 atom stereocenters. The van der Waals surface area contributed by atoms with Crippen LogP contribution in [0.4, 0.5) is 5.82 Å². The molecule has 1 aliphatic rings. The van der Waals surface area contributed by atoms with E-state index in [2.05, 4.69) is 25.0 Å². The highest BCUT2D eigenvalue weighted by Crippen LogP contribution is 2.18. The van der Waals surface area contributed by atoms with Gasteiger partial charge in [0.05, 0.1) is 19.8 Å². The van der Waals surface area contributed by atoms with Crippen molar-refractivity contribution in [2.24, 2.45) is 0 Å². The first kappa shape index (κ1) is 18.7. The summed E-state index contributed by atoms with van der Waals surface area (Å²) in [6.45, 7) is 5.64. The quantitative estimate of drug-likeness (QED) is 0.443. The number of hydrogen-bond acceptors (Lipinski definition) is 8. The number of aromatic nitrogens is 5. The maximum Gasteiger partial charge on any atom is 0.254 e. The highest BCUT2D eigenvalue weighted by Gasteiger charge is 2.15. The highest BCUT2D eigenvalue weighted by atomic mass is 32.2. The first-order valence-corrected chi connectivity index (χ1v) is 10.2. The second kappa shape index (κ2) is 9.03. The minimum atomic E-state index is 0.529. The topological polar surface area (TPSA) is 78.2 Å². The number of para-hydroxylation sites is 1. The van der Waals surface area contributed by atoms with Gasteiger partial charge < -0.3 is 14.4 Å². The zero-order valence-corrected chi connectivity index (χ0v) is 16.5. The Hall–Kier alpha value is -2.65. The normalized spacial score (nSPS) is 14.2. The van der Waals surface area contributed by atoms with E-state index in [0.29, 0.717) is 30.9 Å². The van der Waals surface area contributed by atoms with E-state index in [1.807, 2.05) is 43.3 Å². The summed E-state index contributed by atoms with van der Waals surface area (Å²) in [6.07, 6.45) is 1.65. The van der Waals surface area contributed by atoms with Crippen LogP contribution in [0.5, 0.6) is 5.75 Å². The number of ether oxygens (including phenoxy) is 2. The Morgan fingerprint density at radius 3 is 2.79 bits per heavy atom. The Morgan fingerprint density at radius 1 is 1.14 bits per heavy atom. The predicted molar refractivity (Wildman–Crippen MR) is 107 cm³/mol. The van der Waals surface area contributed by atoms with Crippen LogP contribution >= 0.6 is 11.8 Å². The lowest BCUT2D eigenvalue weighted by Gasteiger charge is -2.28.